The Morgan fingerprint density at radius 1 is 1.38 bits per heavy atom. The molecule has 4 heteroatoms. The molecular formula is C12H12FNOS. The van der Waals surface area contributed by atoms with Gasteiger partial charge in [0.25, 0.3) is 0 Å². The summed E-state index contributed by atoms with van der Waals surface area (Å²) in [6.45, 7) is 0.627. The van der Waals surface area contributed by atoms with E-state index in [2.05, 4.69) is 5.32 Å². The molecule has 2 rings (SSSR count). The molecule has 2 aromatic rings. The van der Waals surface area contributed by atoms with Gasteiger partial charge in [-0.2, -0.15) is 0 Å². The topological polar surface area (TPSA) is 21.3 Å². The van der Waals surface area contributed by atoms with Gasteiger partial charge in [0.2, 0.25) is 0 Å². The highest BCUT2D eigenvalue weighted by Crippen LogP contribution is 2.22. The standard InChI is InChI=1S/C12H12FNOS/c1-15-9-4-5-11(13)12(7-9)14-8-10-3-2-6-16-10/h2-7,14H,8H2,1H3. The highest BCUT2D eigenvalue weighted by atomic mass is 32.1. The van der Waals surface area contributed by atoms with Crippen molar-refractivity contribution in [1.82, 2.24) is 0 Å². The number of benzene rings is 1. The number of hydrogen-bond donors (Lipinski definition) is 1. The Kier molecular flexibility index (Phi) is 3.41. The van der Waals surface area contributed by atoms with Crippen LogP contribution in [0.2, 0.25) is 0 Å². The maximum Gasteiger partial charge on any atom is 0.146 e. The van der Waals surface area contributed by atoms with Gasteiger partial charge in [0.15, 0.2) is 0 Å². The van der Waals surface area contributed by atoms with Gasteiger partial charge in [0.1, 0.15) is 11.6 Å². The predicted octanol–water partition coefficient (Wildman–Crippen LogP) is 3.51. The Morgan fingerprint density at radius 3 is 2.94 bits per heavy atom. The van der Waals surface area contributed by atoms with Gasteiger partial charge in [0.05, 0.1) is 12.8 Å². The summed E-state index contributed by atoms with van der Waals surface area (Å²) >= 11 is 1.64. The normalized spacial score (nSPS) is 10.1. The Balaban J connectivity index is 2.08. The average Bonchev–Trinajstić information content (AvgIpc) is 2.81. The van der Waals surface area contributed by atoms with Crippen LogP contribution in [0.25, 0.3) is 0 Å². The van der Waals surface area contributed by atoms with Crippen molar-refractivity contribution in [2.45, 2.75) is 6.54 Å². The lowest BCUT2D eigenvalue weighted by atomic mass is 10.3. The molecule has 0 amide bonds. The second-order valence-corrected chi connectivity index (χ2v) is 4.31. The van der Waals surface area contributed by atoms with E-state index >= 15 is 0 Å². The molecule has 0 aliphatic heterocycles. The molecular weight excluding hydrogens is 225 g/mol. The first kappa shape index (κ1) is 11.0. The zero-order chi connectivity index (χ0) is 11.4. The van der Waals surface area contributed by atoms with Crippen LogP contribution >= 0.6 is 11.3 Å². The lowest BCUT2D eigenvalue weighted by Gasteiger charge is -2.08. The third kappa shape index (κ3) is 2.52. The Hall–Kier alpha value is -1.55. The molecule has 84 valence electrons. The molecule has 2 nitrogen and oxygen atoms in total. The SMILES string of the molecule is COc1ccc(F)c(NCc2cccs2)c1. The summed E-state index contributed by atoms with van der Waals surface area (Å²) in [5.41, 5.74) is 0.466. The van der Waals surface area contributed by atoms with Crippen molar-refractivity contribution in [3.05, 3.63) is 46.4 Å². The van der Waals surface area contributed by atoms with Crippen LogP contribution in [0.3, 0.4) is 0 Å². The first-order valence-corrected chi connectivity index (χ1v) is 5.77. The van der Waals surface area contributed by atoms with E-state index in [1.165, 1.54) is 10.9 Å². The predicted molar refractivity (Wildman–Crippen MR) is 64.6 cm³/mol. The molecule has 0 atom stereocenters. The Bertz CT molecular complexity index is 456. The summed E-state index contributed by atoms with van der Waals surface area (Å²) in [6, 6.07) is 8.64. The number of thiophene rings is 1. The second kappa shape index (κ2) is 4.99. The molecule has 1 heterocycles. The number of nitrogens with one attached hydrogen (secondary N) is 1. The van der Waals surface area contributed by atoms with E-state index in [1.54, 1.807) is 30.6 Å². The van der Waals surface area contributed by atoms with Gasteiger partial charge in [-0.15, -0.1) is 11.3 Å². The van der Waals surface area contributed by atoms with E-state index in [-0.39, 0.29) is 5.82 Å². The molecule has 16 heavy (non-hydrogen) atoms. The number of anilines is 1. The van der Waals surface area contributed by atoms with Crippen LogP contribution in [-0.2, 0) is 6.54 Å². The van der Waals surface area contributed by atoms with Crippen LogP contribution < -0.4 is 10.1 Å². The highest BCUT2D eigenvalue weighted by molar-refractivity contribution is 7.09. The van der Waals surface area contributed by atoms with Gasteiger partial charge >= 0.3 is 0 Å². The summed E-state index contributed by atoms with van der Waals surface area (Å²) < 4.78 is 18.5. The molecule has 1 aromatic carbocycles. The largest absolute Gasteiger partial charge is 0.497 e. The van der Waals surface area contributed by atoms with Crippen molar-refractivity contribution in [1.29, 1.82) is 0 Å². The van der Waals surface area contributed by atoms with Crippen molar-refractivity contribution in [2.75, 3.05) is 12.4 Å². The molecule has 1 aromatic heterocycles. The highest BCUT2D eigenvalue weighted by Gasteiger charge is 2.03. The van der Waals surface area contributed by atoms with Crippen molar-refractivity contribution in [3.63, 3.8) is 0 Å². The smallest absolute Gasteiger partial charge is 0.146 e. The molecule has 0 bridgehead atoms. The van der Waals surface area contributed by atoms with E-state index in [1.807, 2.05) is 17.5 Å². The minimum Gasteiger partial charge on any atom is -0.497 e. The lowest BCUT2D eigenvalue weighted by molar-refractivity contribution is 0.414. The summed E-state index contributed by atoms with van der Waals surface area (Å²) in [4.78, 5) is 1.17. The average molecular weight is 237 g/mol. The third-order valence-electron chi connectivity index (χ3n) is 2.21. The monoisotopic (exact) mass is 237 g/mol. The fraction of sp³-hybridized carbons (Fsp3) is 0.167. The molecule has 1 N–H and O–H groups in total. The fourth-order valence-electron chi connectivity index (χ4n) is 1.36. The molecule has 0 aliphatic carbocycles. The van der Waals surface area contributed by atoms with Gasteiger partial charge < -0.3 is 10.1 Å². The zero-order valence-corrected chi connectivity index (χ0v) is 9.68. The Morgan fingerprint density at radius 2 is 2.25 bits per heavy atom. The fourth-order valence-corrected chi connectivity index (χ4v) is 2.01. The summed E-state index contributed by atoms with van der Waals surface area (Å²) in [5.74, 6) is 0.382. The van der Waals surface area contributed by atoms with Gasteiger partial charge in [-0.1, -0.05) is 6.07 Å². The van der Waals surface area contributed by atoms with Gasteiger partial charge in [-0.05, 0) is 23.6 Å². The van der Waals surface area contributed by atoms with Crippen LogP contribution in [0.4, 0.5) is 10.1 Å². The van der Waals surface area contributed by atoms with Crippen LogP contribution in [0.1, 0.15) is 4.88 Å². The van der Waals surface area contributed by atoms with Crippen molar-refractivity contribution >= 4 is 17.0 Å². The van der Waals surface area contributed by atoms with Crippen LogP contribution in [0.5, 0.6) is 5.75 Å². The van der Waals surface area contributed by atoms with Crippen molar-refractivity contribution in [2.24, 2.45) is 0 Å². The molecule has 0 fully saturated rings. The lowest BCUT2D eigenvalue weighted by Crippen LogP contribution is -2.00. The molecule has 0 aliphatic rings. The number of halogens is 1. The van der Waals surface area contributed by atoms with E-state index in [0.717, 1.165) is 0 Å². The second-order valence-electron chi connectivity index (χ2n) is 3.28. The number of hydrogen-bond acceptors (Lipinski definition) is 3. The first-order valence-electron chi connectivity index (χ1n) is 4.89. The van der Waals surface area contributed by atoms with Crippen molar-refractivity contribution in [3.8, 4) is 5.75 Å². The van der Waals surface area contributed by atoms with Gasteiger partial charge in [-0.3, -0.25) is 0 Å². The number of rotatable bonds is 4. The maximum absolute atomic E-state index is 13.4. The van der Waals surface area contributed by atoms with E-state index in [9.17, 15) is 4.39 Å². The quantitative estimate of drug-likeness (QED) is 0.878. The van der Waals surface area contributed by atoms with E-state index in [0.29, 0.717) is 18.0 Å². The molecule has 0 unspecified atom stereocenters. The van der Waals surface area contributed by atoms with Crippen molar-refractivity contribution < 1.29 is 9.13 Å². The van der Waals surface area contributed by atoms with Gasteiger partial charge in [-0.25, -0.2) is 4.39 Å². The number of methoxy groups -OCH3 is 1. The van der Waals surface area contributed by atoms with E-state index in [4.69, 9.17) is 4.74 Å². The summed E-state index contributed by atoms with van der Waals surface area (Å²) in [6.07, 6.45) is 0. The molecule has 0 saturated heterocycles. The molecule has 0 radical (unpaired) electrons. The zero-order valence-electron chi connectivity index (χ0n) is 8.87. The van der Waals surface area contributed by atoms with E-state index < -0.39 is 0 Å². The maximum atomic E-state index is 13.4. The Labute approximate surface area is 97.7 Å². The number of ether oxygens (including phenoxy) is 1. The molecule has 0 spiro atoms. The minimum absolute atomic E-state index is 0.266. The first-order chi connectivity index (χ1) is 7.79. The van der Waals surface area contributed by atoms with Gasteiger partial charge in [0, 0.05) is 17.5 Å². The third-order valence-corrected chi connectivity index (χ3v) is 3.08. The van der Waals surface area contributed by atoms with Crippen LogP contribution in [-0.4, -0.2) is 7.11 Å². The van der Waals surface area contributed by atoms with Crippen LogP contribution in [0, 0.1) is 5.82 Å². The summed E-state index contributed by atoms with van der Waals surface area (Å²) in [7, 11) is 1.57. The van der Waals surface area contributed by atoms with Crippen LogP contribution in [0.15, 0.2) is 35.7 Å². The minimum atomic E-state index is -0.266. The summed E-state index contributed by atoms with van der Waals surface area (Å²) in [5, 5.41) is 5.04. The molecule has 0 saturated carbocycles.